The van der Waals surface area contributed by atoms with Crippen LogP contribution < -0.4 is 11.0 Å². The van der Waals surface area contributed by atoms with Gasteiger partial charge >= 0.3 is 0 Å². The summed E-state index contributed by atoms with van der Waals surface area (Å²) in [6, 6.07) is 9.01. The molecule has 2 rings (SSSR count). The SMILES string of the molecule is CC(=O)c1c(O)cc(C)n(NC(=O)CSc2ccc(C)cc2)c1=O. The van der Waals surface area contributed by atoms with E-state index in [2.05, 4.69) is 5.43 Å². The van der Waals surface area contributed by atoms with Crippen molar-refractivity contribution in [3.05, 3.63) is 57.5 Å². The molecule has 24 heavy (non-hydrogen) atoms. The number of rotatable bonds is 5. The zero-order valence-corrected chi connectivity index (χ0v) is 14.4. The fraction of sp³-hybridized carbons (Fsp3) is 0.235. The number of nitrogens with one attached hydrogen (secondary N) is 1. The standard InChI is InChI=1S/C17H18N2O4S/c1-10-4-6-13(7-5-10)24-9-15(22)18-19-11(2)8-14(21)16(12(3)20)17(19)23/h4-8,21H,9H2,1-3H3,(H,18,22). The van der Waals surface area contributed by atoms with Crippen LogP contribution in [0.1, 0.15) is 28.5 Å². The first-order chi connectivity index (χ1) is 11.3. The van der Waals surface area contributed by atoms with Gasteiger partial charge in [-0.1, -0.05) is 17.7 Å². The van der Waals surface area contributed by atoms with Gasteiger partial charge in [0.25, 0.3) is 5.56 Å². The molecule has 0 atom stereocenters. The van der Waals surface area contributed by atoms with E-state index < -0.39 is 11.3 Å². The van der Waals surface area contributed by atoms with E-state index in [1.54, 1.807) is 6.92 Å². The lowest BCUT2D eigenvalue weighted by Crippen LogP contribution is -2.37. The van der Waals surface area contributed by atoms with Gasteiger partial charge in [-0.15, -0.1) is 11.8 Å². The maximum atomic E-state index is 12.3. The lowest BCUT2D eigenvalue weighted by atomic mass is 10.1. The minimum atomic E-state index is -0.742. The summed E-state index contributed by atoms with van der Waals surface area (Å²) in [5.41, 5.74) is 2.84. The number of hydrogen-bond donors (Lipinski definition) is 2. The number of aromatic hydroxyl groups is 1. The molecule has 1 aromatic heterocycles. The number of pyridine rings is 1. The van der Waals surface area contributed by atoms with Gasteiger partial charge in [0.15, 0.2) is 5.78 Å². The van der Waals surface area contributed by atoms with Crippen molar-refractivity contribution < 1.29 is 14.7 Å². The van der Waals surface area contributed by atoms with E-state index in [1.807, 2.05) is 31.2 Å². The summed E-state index contributed by atoms with van der Waals surface area (Å²) in [6.07, 6.45) is 0. The van der Waals surface area contributed by atoms with Crippen LogP contribution in [0.15, 0.2) is 40.0 Å². The first-order valence-corrected chi connectivity index (χ1v) is 8.24. The fourth-order valence-electron chi connectivity index (χ4n) is 2.13. The Kier molecular flexibility index (Phi) is 5.46. The number of carbonyl (C=O) groups excluding carboxylic acids is 2. The van der Waals surface area contributed by atoms with Crippen molar-refractivity contribution in [2.75, 3.05) is 11.2 Å². The topological polar surface area (TPSA) is 88.4 Å². The molecule has 0 spiro atoms. The third-order valence-corrected chi connectivity index (χ3v) is 4.36. The van der Waals surface area contributed by atoms with E-state index in [4.69, 9.17) is 0 Å². The number of carbonyl (C=O) groups is 2. The molecule has 1 heterocycles. The molecule has 126 valence electrons. The predicted molar refractivity (Wildman–Crippen MR) is 93.4 cm³/mol. The zero-order valence-electron chi connectivity index (χ0n) is 13.6. The number of thioether (sulfide) groups is 1. The summed E-state index contributed by atoms with van der Waals surface area (Å²) in [5.74, 6) is -1.21. The van der Waals surface area contributed by atoms with E-state index in [9.17, 15) is 19.5 Å². The van der Waals surface area contributed by atoms with Crippen LogP contribution in [0.4, 0.5) is 0 Å². The second kappa shape index (κ2) is 7.35. The zero-order chi connectivity index (χ0) is 17.9. The van der Waals surface area contributed by atoms with E-state index >= 15 is 0 Å². The molecule has 0 saturated heterocycles. The van der Waals surface area contributed by atoms with E-state index in [-0.39, 0.29) is 23.0 Å². The van der Waals surface area contributed by atoms with Crippen LogP contribution in [0.5, 0.6) is 5.75 Å². The van der Waals surface area contributed by atoms with Gasteiger partial charge in [-0.25, -0.2) is 4.68 Å². The van der Waals surface area contributed by atoms with Crippen molar-refractivity contribution in [3.8, 4) is 5.75 Å². The molecule has 0 saturated carbocycles. The lowest BCUT2D eigenvalue weighted by molar-refractivity contribution is -0.114. The van der Waals surface area contributed by atoms with Gasteiger partial charge < -0.3 is 5.11 Å². The molecule has 0 fully saturated rings. The minimum Gasteiger partial charge on any atom is -0.507 e. The molecule has 0 aliphatic carbocycles. The Hall–Kier alpha value is -2.54. The quantitative estimate of drug-likeness (QED) is 0.640. The van der Waals surface area contributed by atoms with E-state index in [0.717, 1.165) is 15.1 Å². The molecule has 0 radical (unpaired) electrons. The third kappa shape index (κ3) is 4.05. The van der Waals surface area contributed by atoms with Crippen LogP contribution in [0, 0.1) is 13.8 Å². The Morgan fingerprint density at radius 1 is 1.21 bits per heavy atom. The molecular formula is C17H18N2O4S. The van der Waals surface area contributed by atoms with Gasteiger partial charge in [-0.2, -0.15) is 0 Å². The molecule has 1 aromatic carbocycles. The number of Topliss-reactive ketones (excluding diaryl/α,β-unsaturated/α-hetero) is 1. The summed E-state index contributed by atoms with van der Waals surface area (Å²) >= 11 is 1.34. The number of aryl methyl sites for hydroxylation is 2. The molecule has 2 N–H and O–H groups in total. The molecule has 6 nitrogen and oxygen atoms in total. The van der Waals surface area contributed by atoms with Crippen molar-refractivity contribution in [2.24, 2.45) is 0 Å². The summed E-state index contributed by atoms with van der Waals surface area (Å²) < 4.78 is 0.981. The highest BCUT2D eigenvalue weighted by atomic mass is 32.2. The third-order valence-electron chi connectivity index (χ3n) is 3.35. The molecule has 7 heteroatoms. The number of hydrogen-bond acceptors (Lipinski definition) is 5. The number of benzene rings is 1. The fourth-order valence-corrected chi connectivity index (χ4v) is 2.82. The number of ketones is 1. The summed E-state index contributed by atoms with van der Waals surface area (Å²) in [5, 5.41) is 9.72. The van der Waals surface area contributed by atoms with Crippen molar-refractivity contribution >= 4 is 23.5 Å². The monoisotopic (exact) mass is 346 g/mol. The van der Waals surface area contributed by atoms with Gasteiger partial charge in [-0.3, -0.25) is 19.8 Å². The van der Waals surface area contributed by atoms with E-state index in [1.165, 1.54) is 24.8 Å². The summed E-state index contributed by atoms with van der Waals surface area (Å²) in [6.45, 7) is 4.72. The Balaban J connectivity index is 2.14. The maximum absolute atomic E-state index is 12.3. The molecule has 0 unspecified atom stereocenters. The molecule has 0 aliphatic heterocycles. The average molecular weight is 346 g/mol. The Labute approximate surface area is 143 Å². The number of aromatic nitrogens is 1. The number of nitrogens with zero attached hydrogens (tertiary/aromatic N) is 1. The molecule has 1 amide bonds. The smallest absolute Gasteiger partial charge is 0.284 e. The van der Waals surface area contributed by atoms with Gasteiger partial charge in [0, 0.05) is 16.7 Å². The predicted octanol–water partition coefficient (Wildman–Crippen LogP) is 2.24. The Morgan fingerprint density at radius 3 is 2.42 bits per heavy atom. The van der Waals surface area contributed by atoms with Gasteiger partial charge in [0.05, 0.1) is 5.75 Å². The van der Waals surface area contributed by atoms with Crippen molar-refractivity contribution in [1.82, 2.24) is 4.68 Å². The molecular weight excluding hydrogens is 328 g/mol. The first kappa shape index (κ1) is 17.8. The van der Waals surface area contributed by atoms with Crippen LogP contribution in [0.2, 0.25) is 0 Å². The van der Waals surface area contributed by atoms with Crippen molar-refractivity contribution in [3.63, 3.8) is 0 Å². The summed E-state index contributed by atoms with van der Waals surface area (Å²) in [4.78, 5) is 36.8. The highest BCUT2D eigenvalue weighted by molar-refractivity contribution is 8.00. The first-order valence-electron chi connectivity index (χ1n) is 7.25. The lowest BCUT2D eigenvalue weighted by Gasteiger charge is -2.13. The van der Waals surface area contributed by atoms with Gasteiger partial charge in [0.1, 0.15) is 11.3 Å². The van der Waals surface area contributed by atoms with Crippen molar-refractivity contribution in [1.29, 1.82) is 0 Å². The van der Waals surface area contributed by atoms with E-state index in [0.29, 0.717) is 5.69 Å². The largest absolute Gasteiger partial charge is 0.507 e. The van der Waals surface area contributed by atoms with Crippen LogP contribution in [0.3, 0.4) is 0 Å². The maximum Gasteiger partial charge on any atom is 0.284 e. The Morgan fingerprint density at radius 2 is 1.83 bits per heavy atom. The van der Waals surface area contributed by atoms with Crippen molar-refractivity contribution in [2.45, 2.75) is 25.7 Å². The average Bonchev–Trinajstić information content (AvgIpc) is 2.50. The van der Waals surface area contributed by atoms with Gasteiger partial charge in [-0.05, 0) is 32.9 Å². The van der Waals surface area contributed by atoms with Gasteiger partial charge in [0.2, 0.25) is 5.91 Å². The van der Waals surface area contributed by atoms with Crippen LogP contribution >= 0.6 is 11.8 Å². The second-order valence-corrected chi connectivity index (χ2v) is 6.43. The Bertz CT molecular complexity index is 841. The van der Waals surface area contributed by atoms with Crippen LogP contribution in [0.25, 0.3) is 0 Å². The normalized spacial score (nSPS) is 10.5. The van der Waals surface area contributed by atoms with Crippen LogP contribution in [-0.2, 0) is 4.79 Å². The highest BCUT2D eigenvalue weighted by Gasteiger charge is 2.17. The van der Waals surface area contributed by atoms with Crippen LogP contribution in [-0.4, -0.2) is 27.2 Å². The molecule has 0 bridgehead atoms. The highest BCUT2D eigenvalue weighted by Crippen LogP contribution is 2.18. The molecule has 2 aromatic rings. The second-order valence-electron chi connectivity index (χ2n) is 5.38. The molecule has 0 aliphatic rings. The minimum absolute atomic E-state index is 0.116. The summed E-state index contributed by atoms with van der Waals surface area (Å²) in [7, 11) is 0. The number of amides is 1.